The van der Waals surface area contributed by atoms with Crippen molar-refractivity contribution < 1.29 is 9.53 Å². The third kappa shape index (κ3) is 4.43. The Balaban J connectivity index is 1.83. The molecule has 0 saturated carbocycles. The zero-order valence-corrected chi connectivity index (χ0v) is 12.7. The summed E-state index contributed by atoms with van der Waals surface area (Å²) in [4.78, 5) is 21.4. The molecule has 0 unspecified atom stereocenters. The Labute approximate surface area is 128 Å². The van der Waals surface area contributed by atoms with Gasteiger partial charge in [0, 0.05) is 7.05 Å². The first-order valence-corrected chi connectivity index (χ1v) is 6.86. The number of aromatic nitrogens is 2. The van der Waals surface area contributed by atoms with E-state index in [1.165, 1.54) is 22.9 Å². The number of rotatable bonds is 5. The lowest BCUT2D eigenvalue weighted by Gasteiger charge is -2.16. The van der Waals surface area contributed by atoms with Gasteiger partial charge in [-0.2, -0.15) is 0 Å². The molecule has 0 aliphatic rings. The number of carbonyl (C=O) groups is 1. The van der Waals surface area contributed by atoms with Gasteiger partial charge in [0.25, 0.3) is 5.91 Å². The van der Waals surface area contributed by atoms with Crippen molar-refractivity contribution in [3.05, 3.63) is 53.1 Å². The molecule has 1 aromatic heterocycles. The van der Waals surface area contributed by atoms with Crippen molar-refractivity contribution in [1.82, 2.24) is 14.9 Å². The van der Waals surface area contributed by atoms with Crippen LogP contribution in [0.1, 0.15) is 16.1 Å². The molecular formula is C15H16ClN3O2. The summed E-state index contributed by atoms with van der Waals surface area (Å²) in [7, 11) is 1.69. The van der Waals surface area contributed by atoms with E-state index in [4.69, 9.17) is 16.3 Å². The second-order valence-electron chi connectivity index (χ2n) is 4.61. The highest BCUT2D eigenvalue weighted by atomic mass is 35.5. The molecule has 0 aliphatic carbocycles. The molecule has 0 fully saturated rings. The van der Waals surface area contributed by atoms with E-state index >= 15 is 0 Å². The highest BCUT2D eigenvalue weighted by Crippen LogP contribution is 2.11. The van der Waals surface area contributed by atoms with Crippen LogP contribution in [-0.2, 0) is 0 Å². The van der Waals surface area contributed by atoms with Crippen LogP contribution in [0.5, 0.6) is 5.75 Å². The smallest absolute Gasteiger partial charge is 0.273 e. The third-order valence-electron chi connectivity index (χ3n) is 2.90. The normalized spacial score (nSPS) is 10.2. The van der Waals surface area contributed by atoms with Gasteiger partial charge in [-0.05, 0) is 19.1 Å². The van der Waals surface area contributed by atoms with Crippen LogP contribution >= 0.6 is 11.6 Å². The summed E-state index contributed by atoms with van der Waals surface area (Å²) >= 11 is 5.64. The average Bonchev–Trinajstić information content (AvgIpc) is 2.49. The summed E-state index contributed by atoms with van der Waals surface area (Å²) < 4.78 is 5.59. The zero-order chi connectivity index (χ0) is 15.2. The molecule has 0 saturated heterocycles. The molecule has 2 aromatic rings. The minimum atomic E-state index is -0.216. The van der Waals surface area contributed by atoms with Crippen molar-refractivity contribution >= 4 is 17.5 Å². The topological polar surface area (TPSA) is 55.3 Å². The standard InChI is InChI=1S/C15H16ClN3O2/c1-11-3-5-12(6-4-11)21-8-7-19(2)15(20)13-9-18-14(16)10-17-13/h3-6,9-10H,7-8H2,1-2H3. The van der Waals surface area contributed by atoms with Crippen molar-refractivity contribution in [1.29, 1.82) is 0 Å². The maximum atomic E-state index is 12.1. The Kier molecular flexibility index (Phi) is 5.11. The minimum absolute atomic E-state index is 0.216. The van der Waals surface area contributed by atoms with Gasteiger partial charge in [-0.15, -0.1) is 0 Å². The summed E-state index contributed by atoms with van der Waals surface area (Å²) in [5.41, 5.74) is 1.44. The molecule has 5 nitrogen and oxygen atoms in total. The molecule has 0 atom stereocenters. The number of halogens is 1. The van der Waals surface area contributed by atoms with E-state index in [0.29, 0.717) is 13.2 Å². The Morgan fingerprint density at radius 3 is 2.57 bits per heavy atom. The van der Waals surface area contributed by atoms with Crippen LogP contribution in [0, 0.1) is 6.92 Å². The molecule has 6 heteroatoms. The van der Waals surface area contributed by atoms with Gasteiger partial charge < -0.3 is 9.64 Å². The third-order valence-corrected chi connectivity index (χ3v) is 3.10. The summed E-state index contributed by atoms with van der Waals surface area (Å²) in [6, 6.07) is 7.77. The number of nitrogens with zero attached hydrogens (tertiary/aromatic N) is 3. The number of ether oxygens (including phenoxy) is 1. The maximum absolute atomic E-state index is 12.1. The van der Waals surface area contributed by atoms with E-state index in [-0.39, 0.29) is 16.8 Å². The Morgan fingerprint density at radius 2 is 1.95 bits per heavy atom. The van der Waals surface area contributed by atoms with Gasteiger partial charge in [0.1, 0.15) is 23.2 Å². The predicted octanol–water partition coefficient (Wildman–Crippen LogP) is 2.59. The summed E-state index contributed by atoms with van der Waals surface area (Å²) in [6.45, 7) is 2.88. The van der Waals surface area contributed by atoms with E-state index in [1.807, 2.05) is 31.2 Å². The molecule has 1 heterocycles. The van der Waals surface area contributed by atoms with E-state index < -0.39 is 0 Å². The fourth-order valence-corrected chi connectivity index (χ4v) is 1.75. The van der Waals surface area contributed by atoms with E-state index in [1.54, 1.807) is 7.05 Å². The van der Waals surface area contributed by atoms with Gasteiger partial charge in [0.05, 0.1) is 18.9 Å². The molecule has 0 aliphatic heterocycles. The molecule has 110 valence electrons. The molecule has 0 spiro atoms. The first-order chi connectivity index (χ1) is 10.1. The number of hydrogen-bond acceptors (Lipinski definition) is 4. The molecule has 21 heavy (non-hydrogen) atoms. The molecule has 2 rings (SSSR count). The van der Waals surface area contributed by atoms with Gasteiger partial charge in [0.15, 0.2) is 0 Å². The lowest BCUT2D eigenvalue weighted by molar-refractivity contribution is 0.0767. The molecular weight excluding hydrogens is 290 g/mol. The number of carbonyl (C=O) groups excluding carboxylic acids is 1. The quantitative estimate of drug-likeness (QED) is 0.852. The molecule has 0 N–H and O–H groups in total. The van der Waals surface area contributed by atoms with Crippen LogP contribution in [0.4, 0.5) is 0 Å². The van der Waals surface area contributed by atoms with Crippen LogP contribution in [0.3, 0.4) is 0 Å². The number of aryl methyl sites for hydroxylation is 1. The average molecular weight is 306 g/mol. The van der Waals surface area contributed by atoms with Crippen LogP contribution in [0.2, 0.25) is 5.15 Å². The number of hydrogen-bond donors (Lipinski definition) is 0. The van der Waals surface area contributed by atoms with Gasteiger partial charge in [-0.1, -0.05) is 29.3 Å². The Bertz CT molecular complexity index is 599. The van der Waals surface area contributed by atoms with Crippen molar-refractivity contribution in [3.8, 4) is 5.75 Å². The Morgan fingerprint density at radius 1 is 1.24 bits per heavy atom. The Hall–Kier alpha value is -2.14. The van der Waals surface area contributed by atoms with Crippen molar-refractivity contribution in [2.75, 3.05) is 20.2 Å². The maximum Gasteiger partial charge on any atom is 0.273 e. The van der Waals surface area contributed by atoms with Crippen molar-refractivity contribution in [2.24, 2.45) is 0 Å². The van der Waals surface area contributed by atoms with Crippen molar-refractivity contribution in [3.63, 3.8) is 0 Å². The van der Waals surface area contributed by atoms with Gasteiger partial charge >= 0.3 is 0 Å². The van der Waals surface area contributed by atoms with Crippen LogP contribution in [-0.4, -0.2) is 41.0 Å². The fraction of sp³-hybridized carbons (Fsp3) is 0.267. The molecule has 1 aromatic carbocycles. The minimum Gasteiger partial charge on any atom is -0.492 e. The highest BCUT2D eigenvalue weighted by molar-refractivity contribution is 6.29. The summed E-state index contributed by atoms with van der Waals surface area (Å²) in [5.74, 6) is 0.569. The monoisotopic (exact) mass is 305 g/mol. The summed E-state index contributed by atoms with van der Waals surface area (Å²) in [5, 5.41) is 0.261. The first-order valence-electron chi connectivity index (χ1n) is 6.49. The van der Waals surface area contributed by atoms with Crippen LogP contribution < -0.4 is 4.74 Å². The number of amides is 1. The van der Waals surface area contributed by atoms with Gasteiger partial charge in [-0.3, -0.25) is 4.79 Å². The lowest BCUT2D eigenvalue weighted by Crippen LogP contribution is -2.31. The van der Waals surface area contributed by atoms with E-state index in [2.05, 4.69) is 9.97 Å². The summed E-state index contributed by atoms with van der Waals surface area (Å²) in [6.07, 6.45) is 2.72. The lowest BCUT2D eigenvalue weighted by atomic mass is 10.2. The SMILES string of the molecule is Cc1ccc(OCCN(C)C(=O)c2cnc(Cl)cn2)cc1. The highest BCUT2D eigenvalue weighted by Gasteiger charge is 2.13. The van der Waals surface area contributed by atoms with Crippen LogP contribution in [0.15, 0.2) is 36.7 Å². The van der Waals surface area contributed by atoms with Crippen LogP contribution in [0.25, 0.3) is 0 Å². The fourth-order valence-electron chi connectivity index (χ4n) is 1.65. The second kappa shape index (κ2) is 7.04. The first kappa shape index (κ1) is 15.3. The van der Waals surface area contributed by atoms with Gasteiger partial charge in [0.2, 0.25) is 0 Å². The van der Waals surface area contributed by atoms with Crippen molar-refractivity contribution in [2.45, 2.75) is 6.92 Å². The second-order valence-corrected chi connectivity index (χ2v) is 5.00. The van der Waals surface area contributed by atoms with Gasteiger partial charge in [-0.25, -0.2) is 9.97 Å². The number of benzene rings is 1. The largest absolute Gasteiger partial charge is 0.492 e. The predicted molar refractivity (Wildman–Crippen MR) is 80.7 cm³/mol. The number of likely N-dealkylation sites (N-methyl/N-ethyl adjacent to an activating group) is 1. The van der Waals surface area contributed by atoms with E-state index in [9.17, 15) is 4.79 Å². The molecule has 1 amide bonds. The molecule has 0 radical (unpaired) electrons. The molecule has 0 bridgehead atoms. The van der Waals surface area contributed by atoms with E-state index in [0.717, 1.165) is 5.75 Å². The zero-order valence-electron chi connectivity index (χ0n) is 11.9.